The maximum atomic E-state index is 11.4. The molecule has 0 aliphatic heterocycles. The van der Waals surface area contributed by atoms with Crippen LogP contribution in [0, 0.1) is 5.92 Å². The fourth-order valence-electron chi connectivity index (χ4n) is 1.83. The van der Waals surface area contributed by atoms with E-state index in [9.17, 15) is 4.79 Å². The summed E-state index contributed by atoms with van der Waals surface area (Å²) in [5, 5.41) is 0. The van der Waals surface area contributed by atoms with Gasteiger partial charge in [-0.25, -0.2) is 4.79 Å². The predicted molar refractivity (Wildman–Crippen MR) is 67.7 cm³/mol. The van der Waals surface area contributed by atoms with Gasteiger partial charge in [-0.15, -0.1) is 0 Å². The van der Waals surface area contributed by atoms with E-state index in [1.807, 2.05) is 12.1 Å². The van der Waals surface area contributed by atoms with Crippen LogP contribution in [0.3, 0.4) is 0 Å². The monoisotopic (exact) mass is 283 g/mol. The van der Waals surface area contributed by atoms with Crippen LogP contribution in [0.1, 0.15) is 19.4 Å². The number of oxazole rings is 1. The van der Waals surface area contributed by atoms with Gasteiger partial charge in [-0.2, -0.15) is 0 Å². The van der Waals surface area contributed by atoms with Gasteiger partial charge < -0.3 is 4.42 Å². The molecule has 0 amide bonds. The Morgan fingerprint density at radius 2 is 2.12 bits per heavy atom. The molecule has 4 heteroatoms. The van der Waals surface area contributed by atoms with Gasteiger partial charge in [-0.3, -0.25) is 4.57 Å². The van der Waals surface area contributed by atoms with Crippen molar-refractivity contribution in [2.24, 2.45) is 13.0 Å². The quantitative estimate of drug-likeness (QED) is 0.849. The number of halogens is 1. The molecule has 0 fully saturated rings. The van der Waals surface area contributed by atoms with Crippen LogP contribution in [0.15, 0.2) is 25.8 Å². The maximum Gasteiger partial charge on any atom is 0.419 e. The van der Waals surface area contributed by atoms with Crippen molar-refractivity contribution in [2.75, 3.05) is 0 Å². The SMILES string of the molecule is CC(C)Cc1cc(Br)c2oc(=O)n(C)c2c1. The lowest BCUT2D eigenvalue weighted by atomic mass is 10.0. The molecule has 0 aliphatic rings. The standard InChI is InChI=1S/C12H14BrNO2/c1-7(2)4-8-5-9(13)11-10(6-8)14(3)12(15)16-11/h5-7H,4H2,1-3H3. The summed E-state index contributed by atoms with van der Waals surface area (Å²) in [5.41, 5.74) is 2.68. The highest BCUT2D eigenvalue weighted by Gasteiger charge is 2.11. The molecule has 2 aromatic rings. The Morgan fingerprint density at radius 1 is 1.44 bits per heavy atom. The van der Waals surface area contributed by atoms with Crippen LogP contribution in [0.2, 0.25) is 0 Å². The molecule has 1 heterocycles. The zero-order valence-corrected chi connectivity index (χ0v) is 11.2. The molecule has 0 aliphatic carbocycles. The van der Waals surface area contributed by atoms with E-state index < -0.39 is 0 Å². The Kier molecular flexibility index (Phi) is 2.93. The number of aromatic nitrogens is 1. The highest BCUT2D eigenvalue weighted by Crippen LogP contribution is 2.26. The van der Waals surface area contributed by atoms with Crippen LogP contribution < -0.4 is 5.76 Å². The van der Waals surface area contributed by atoms with Crippen molar-refractivity contribution in [1.82, 2.24) is 4.57 Å². The van der Waals surface area contributed by atoms with E-state index in [-0.39, 0.29) is 5.76 Å². The largest absolute Gasteiger partial charge is 0.419 e. The molecule has 0 unspecified atom stereocenters. The van der Waals surface area contributed by atoms with Gasteiger partial charge in [-0.05, 0) is 46.0 Å². The lowest BCUT2D eigenvalue weighted by molar-refractivity contribution is 0.527. The molecule has 86 valence electrons. The third kappa shape index (κ3) is 1.94. The molecule has 1 aromatic heterocycles. The number of benzene rings is 1. The fraction of sp³-hybridized carbons (Fsp3) is 0.417. The zero-order valence-electron chi connectivity index (χ0n) is 9.58. The second kappa shape index (κ2) is 4.09. The third-order valence-corrected chi connectivity index (χ3v) is 3.14. The zero-order chi connectivity index (χ0) is 11.9. The predicted octanol–water partition coefficient (Wildman–Crippen LogP) is 3.09. The van der Waals surface area contributed by atoms with Crippen molar-refractivity contribution >= 4 is 27.0 Å². The van der Waals surface area contributed by atoms with Crippen molar-refractivity contribution in [3.8, 4) is 0 Å². The Bertz CT molecular complexity index is 580. The molecule has 0 atom stereocenters. The summed E-state index contributed by atoms with van der Waals surface area (Å²) in [6.45, 7) is 4.35. The first-order valence-electron chi connectivity index (χ1n) is 5.27. The molecular weight excluding hydrogens is 270 g/mol. The van der Waals surface area contributed by atoms with Gasteiger partial charge in [0.15, 0.2) is 5.58 Å². The lowest BCUT2D eigenvalue weighted by Gasteiger charge is -2.06. The number of aryl methyl sites for hydroxylation is 1. The normalized spacial score (nSPS) is 11.6. The molecule has 0 spiro atoms. The second-order valence-corrected chi connectivity index (χ2v) is 5.31. The van der Waals surface area contributed by atoms with Gasteiger partial charge in [0.05, 0.1) is 9.99 Å². The van der Waals surface area contributed by atoms with Crippen molar-refractivity contribution in [2.45, 2.75) is 20.3 Å². The average molecular weight is 284 g/mol. The van der Waals surface area contributed by atoms with Crippen LogP contribution in [-0.4, -0.2) is 4.57 Å². The topological polar surface area (TPSA) is 35.1 Å². The van der Waals surface area contributed by atoms with E-state index in [1.54, 1.807) is 7.05 Å². The van der Waals surface area contributed by atoms with Crippen LogP contribution in [-0.2, 0) is 13.5 Å². The molecule has 0 bridgehead atoms. The molecule has 2 rings (SSSR count). The van der Waals surface area contributed by atoms with E-state index in [2.05, 4.69) is 29.8 Å². The van der Waals surface area contributed by atoms with Gasteiger partial charge in [0.1, 0.15) is 0 Å². The Labute approximate surface area is 102 Å². The summed E-state index contributed by atoms with van der Waals surface area (Å²) < 4.78 is 7.53. The van der Waals surface area contributed by atoms with Gasteiger partial charge in [-0.1, -0.05) is 13.8 Å². The molecule has 0 radical (unpaired) electrons. The Hall–Kier alpha value is -1.03. The molecular formula is C12H14BrNO2. The molecule has 3 nitrogen and oxygen atoms in total. The van der Waals surface area contributed by atoms with Gasteiger partial charge in [0.2, 0.25) is 0 Å². The van der Waals surface area contributed by atoms with Gasteiger partial charge in [0.25, 0.3) is 0 Å². The average Bonchev–Trinajstić information content (AvgIpc) is 2.45. The van der Waals surface area contributed by atoms with Crippen LogP contribution >= 0.6 is 15.9 Å². The summed E-state index contributed by atoms with van der Waals surface area (Å²) in [5.74, 6) is 0.269. The van der Waals surface area contributed by atoms with Crippen LogP contribution in [0.4, 0.5) is 0 Å². The van der Waals surface area contributed by atoms with E-state index in [0.717, 1.165) is 16.4 Å². The van der Waals surface area contributed by atoms with Crippen LogP contribution in [0.25, 0.3) is 11.1 Å². The number of hydrogen-bond acceptors (Lipinski definition) is 2. The van der Waals surface area contributed by atoms with Crippen molar-refractivity contribution in [3.05, 3.63) is 32.7 Å². The number of rotatable bonds is 2. The lowest BCUT2D eigenvalue weighted by Crippen LogP contribution is -2.08. The third-order valence-electron chi connectivity index (χ3n) is 2.55. The number of fused-ring (bicyclic) bond motifs is 1. The summed E-state index contributed by atoms with van der Waals surface area (Å²) >= 11 is 3.44. The minimum atomic E-state index is -0.322. The van der Waals surface area contributed by atoms with E-state index >= 15 is 0 Å². The minimum Gasteiger partial charge on any atom is -0.406 e. The molecule has 0 N–H and O–H groups in total. The fourth-order valence-corrected chi connectivity index (χ4v) is 2.41. The summed E-state index contributed by atoms with van der Waals surface area (Å²) in [4.78, 5) is 11.4. The smallest absolute Gasteiger partial charge is 0.406 e. The highest BCUT2D eigenvalue weighted by atomic mass is 79.9. The van der Waals surface area contributed by atoms with Crippen LogP contribution in [0.5, 0.6) is 0 Å². The number of hydrogen-bond donors (Lipinski definition) is 0. The molecule has 16 heavy (non-hydrogen) atoms. The van der Waals surface area contributed by atoms with Gasteiger partial charge in [0, 0.05) is 7.05 Å². The van der Waals surface area contributed by atoms with Crippen molar-refractivity contribution < 1.29 is 4.42 Å². The molecule has 0 saturated carbocycles. The van der Waals surface area contributed by atoms with E-state index in [0.29, 0.717) is 11.5 Å². The molecule has 1 aromatic carbocycles. The molecule has 0 saturated heterocycles. The first-order valence-corrected chi connectivity index (χ1v) is 6.06. The van der Waals surface area contributed by atoms with Crippen molar-refractivity contribution in [3.63, 3.8) is 0 Å². The first-order chi connectivity index (χ1) is 7.49. The Balaban J connectivity index is 2.65. The van der Waals surface area contributed by atoms with E-state index in [1.165, 1.54) is 10.1 Å². The first kappa shape index (κ1) is 11.5. The van der Waals surface area contributed by atoms with Gasteiger partial charge >= 0.3 is 5.76 Å². The summed E-state index contributed by atoms with van der Waals surface area (Å²) in [6.07, 6.45) is 0.994. The van der Waals surface area contributed by atoms with Crippen molar-refractivity contribution in [1.29, 1.82) is 0 Å². The summed E-state index contributed by atoms with van der Waals surface area (Å²) in [6, 6.07) is 4.04. The maximum absolute atomic E-state index is 11.4. The van der Waals surface area contributed by atoms with E-state index in [4.69, 9.17) is 4.42 Å². The highest BCUT2D eigenvalue weighted by molar-refractivity contribution is 9.10. The minimum absolute atomic E-state index is 0.322. The summed E-state index contributed by atoms with van der Waals surface area (Å²) in [7, 11) is 1.72. The number of nitrogens with zero attached hydrogens (tertiary/aromatic N) is 1. The Morgan fingerprint density at radius 3 is 2.75 bits per heavy atom. The second-order valence-electron chi connectivity index (χ2n) is 4.45.